The summed E-state index contributed by atoms with van der Waals surface area (Å²) in [6, 6.07) is 0. The van der Waals surface area contributed by atoms with Crippen LogP contribution in [-0.4, -0.2) is 38.3 Å². The van der Waals surface area contributed by atoms with Gasteiger partial charge in [0, 0.05) is 24.9 Å². The zero-order valence-electron chi connectivity index (χ0n) is 5.84. The van der Waals surface area contributed by atoms with Crippen LogP contribution in [0.3, 0.4) is 0 Å². The third-order valence-corrected chi connectivity index (χ3v) is 2.42. The second-order valence-corrected chi connectivity index (χ2v) is 3.28. The molecule has 0 N–H and O–H groups in total. The number of rotatable bonds is 0. The molecular weight excluding hydrogens is 114 g/mol. The molecule has 0 amide bonds. The molecule has 52 valence electrons. The molecule has 9 heavy (non-hydrogen) atoms. The minimum Gasteiger partial charge on any atom is -0.381 e. The van der Waals surface area contributed by atoms with Crippen LogP contribution in [0.1, 0.15) is 0 Å². The quantitative estimate of drug-likeness (QED) is 0.460. The van der Waals surface area contributed by atoms with E-state index in [-0.39, 0.29) is 0 Å². The van der Waals surface area contributed by atoms with E-state index in [1.165, 1.54) is 13.1 Å². The van der Waals surface area contributed by atoms with Gasteiger partial charge in [0.25, 0.3) is 0 Å². The molecule has 1 unspecified atom stereocenters. The van der Waals surface area contributed by atoms with Crippen molar-refractivity contribution in [3.8, 4) is 0 Å². The first-order valence-corrected chi connectivity index (χ1v) is 3.62. The first-order chi connectivity index (χ1) is 4.36. The first kappa shape index (κ1) is 5.69. The smallest absolute Gasteiger partial charge is 0.0510 e. The summed E-state index contributed by atoms with van der Waals surface area (Å²) in [4.78, 5) is 2.40. The molecule has 2 nitrogen and oxygen atoms in total. The summed E-state index contributed by atoms with van der Waals surface area (Å²) in [6.45, 7) is 4.53. The van der Waals surface area contributed by atoms with Gasteiger partial charge >= 0.3 is 0 Å². The highest BCUT2D eigenvalue weighted by atomic mass is 16.5. The minimum absolute atomic E-state index is 0.856. The standard InChI is InChI=1S/C7H13NO/c1-8-2-6-4-9-5-7(6)3-8/h6-7H,2-5H2,1H3/t6-,7?/m0/s1. The Kier molecular flexibility index (Phi) is 1.24. The van der Waals surface area contributed by atoms with E-state index >= 15 is 0 Å². The van der Waals surface area contributed by atoms with E-state index in [4.69, 9.17) is 4.74 Å². The van der Waals surface area contributed by atoms with Crippen molar-refractivity contribution in [2.24, 2.45) is 11.8 Å². The van der Waals surface area contributed by atoms with Gasteiger partial charge < -0.3 is 9.64 Å². The van der Waals surface area contributed by atoms with E-state index in [9.17, 15) is 0 Å². The Morgan fingerprint density at radius 3 is 2.33 bits per heavy atom. The first-order valence-electron chi connectivity index (χ1n) is 3.62. The molecule has 0 radical (unpaired) electrons. The van der Waals surface area contributed by atoms with Crippen LogP contribution in [0.15, 0.2) is 0 Å². The van der Waals surface area contributed by atoms with Crippen LogP contribution in [-0.2, 0) is 4.74 Å². The lowest BCUT2D eigenvalue weighted by Gasteiger charge is -2.07. The average Bonchev–Trinajstić information content (AvgIpc) is 2.22. The summed E-state index contributed by atoms with van der Waals surface area (Å²) in [6.07, 6.45) is 0. The largest absolute Gasteiger partial charge is 0.381 e. The Morgan fingerprint density at radius 1 is 1.22 bits per heavy atom. The maximum Gasteiger partial charge on any atom is 0.0510 e. The van der Waals surface area contributed by atoms with Crippen molar-refractivity contribution in [3.63, 3.8) is 0 Å². The van der Waals surface area contributed by atoms with Gasteiger partial charge in [0.15, 0.2) is 0 Å². The number of hydrogen-bond acceptors (Lipinski definition) is 2. The van der Waals surface area contributed by atoms with Crippen LogP contribution in [0, 0.1) is 11.8 Å². The summed E-state index contributed by atoms with van der Waals surface area (Å²) in [5, 5.41) is 0. The molecule has 2 aliphatic rings. The Bertz CT molecular complexity index is 103. The molecular formula is C7H13NO. The molecule has 2 fully saturated rings. The zero-order valence-corrected chi connectivity index (χ0v) is 5.84. The van der Waals surface area contributed by atoms with Gasteiger partial charge in [0.2, 0.25) is 0 Å². The predicted octanol–water partition coefficient (Wildman–Crippen LogP) is 0.194. The van der Waals surface area contributed by atoms with Crippen LogP contribution < -0.4 is 0 Å². The highest BCUT2D eigenvalue weighted by Crippen LogP contribution is 2.27. The lowest BCUT2D eigenvalue weighted by Crippen LogP contribution is -2.16. The fourth-order valence-electron chi connectivity index (χ4n) is 1.92. The Morgan fingerprint density at radius 2 is 1.78 bits per heavy atom. The SMILES string of the molecule is CN1CC2COC[C@@H]2C1. The molecule has 2 rings (SSSR count). The molecule has 2 atom stereocenters. The third-order valence-electron chi connectivity index (χ3n) is 2.42. The topological polar surface area (TPSA) is 12.5 Å². The van der Waals surface area contributed by atoms with Gasteiger partial charge in [-0.25, -0.2) is 0 Å². The van der Waals surface area contributed by atoms with Crippen LogP contribution in [0.2, 0.25) is 0 Å². The second-order valence-electron chi connectivity index (χ2n) is 3.28. The van der Waals surface area contributed by atoms with E-state index in [1.54, 1.807) is 0 Å². The van der Waals surface area contributed by atoms with Crippen molar-refractivity contribution >= 4 is 0 Å². The summed E-state index contributed by atoms with van der Waals surface area (Å²) < 4.78 is 5.33. The monoisotopic (exact) mass is 127 g/mol. The van der Waals surface area contributed by atoms with Gasteiger partial charge in [-0.05, 0) is 7.05 Å². The third kappa shape index (κ3) is 0.864. The van der Waals surface area contributed by atoms with Gasteiger partial charge in [-0.2, -0.15) is 0 Å². The molecule has 0 spiro atoms. The van der Waals surface area contributed by atoms with Gasteiger partial charge in [0.05, 0.1) is 13.2 Å². The summed E-state index contributed by atoms with van der Waals surface area (Å²) in [7, 11) is 2.19. The number of nitrogens with zero attached hydrogens (tertiary/aromatic N) is 1. The normalized spacial score (nSPS) is 43.7. The lowest BCUT2D eigenvalue weighted by atomic mass is 10.0. The maximum absolute atomic E-state index is 5.33. The molecule has 0 aromatic rings. The number of likely N-dealkylation sites (tertiary alicyclic amines) is 1. The van der Waals surface area contributed by atoms with Crippen molar-refractivity contribution in [2.45, 2.75) is 0 Å². The fourth-order valence-corrected chi connectivity index (χ4v) is 1.92. The summed E-state index contributed by atoms with van der Waals surface area (Å²) in [5.41, 5.74) is 0. The summed E-state index contributed by atoms with van der Waals surface area (Å²) in [5.74, 6) is 1.71. The molecule has 0 bridgehead atoms. The molecule has 0 aromatic carbocycles. The van der Waals surface area contributed by atoms with E-state index in [0.717, 1.165) is 25.0 Å². The van der Waals surface area contributed by atoms with Gasteiger partial charge in [0.1, 0.15) is 0 Å². The van der Waals surface area contributed by atoms with Crippen LogP contribution >= 0.6 is 0 Å². The molecule has 0 aliphatic carbocycles. The zero-order chi connectivity index (χ0) is 6.27. The summed E-state index contributed by atoms with van der Waals surface area (Å²) >= 11 is 0. The molecule has 2 saturated heterocycles. The molecule has 2 heteroatoms. The second kappa shape index (κ2) is 1.96. The highest BCUT2D eigenvalue weighted by Gasteiger charge is 2.35. The number of fused-ring (bicyclic) bond motifs is 1. The van der Waals surface area contributed by atoms with E-state index < -0.39 is 0 Å². The van der Waals surface area contributed by atoms with E-state index in [2.05, 4.69) is 11.9 Å². The van der Waals surface area contributed by atoms with Gasteiger partial charge in [-0.15, -0.1) is 0 Å². The van der Waals surface area contributed by atoms with E-state index in [1.807, 2.05) is 0 Å². The highest BCUT2D eigenvalue weighted by molar-refractivity contribution is 4.85. The van der Waals surface area contributed by atoms with Crippen molar-refractivity contribution in [1.29, 1.82) is 0 Å². The van der Waals surface area contributed by atoms with Crippen molar-refractivity contribution in [2.75, 3.05) is 33.4 Å². The van der Waals surface area contributed by atoms with Gasteiger partial charge in [-0.3, -0.25) is 0 Å². The van der Waals surface area contributed by atoms with Crippen molar-refractivity contribution < 1.29 is 4.74 Å². The fraction of sp³-hybridized carbons (Fsp3) is 1.00. The lowest BCUT2D eigenvalue weighted by molar-refractivity contribution is 0.160. The number of ether oxygens (including phenoxy) is 1. The van der Waals surface area contributed by atoms with Crippen LogP contribution in [0.25, 0.3) is 0 Å². The molecule has 0 aromatic heterocycles. The van der Waals surface area contributed by atoms with Crippen molar-refractivity contribution in [1.82, 2.24) is 4.90 Å². The van der Waals surface area contributed by atoms with Crippen molar-refractivity contribution in [3.05, 3.63) is 0 Å². The predicted molar refractivity (Wildman–Crippen MR) is 35.3 cm³/mol. The Labute approximate surface area is 55.8 Å². The minimum atomic E-state index is 0.856. The maximum atomic E-state index is 5.33. The number of hydrogen-bond donors (Lipinski definition) is 0. The molecule has 2 heterocycles. The van der Waals surface area contributed by atoms with E-state index in [0.29, 0.717) is 0 Å². The molecule has 2 aliphatic heterocycles. The Balaban J connectivity index is 2.02. The van der Waals surface area contributed by atoms with Gasteiger partial charge in [-0.1, -0.05) is 0 Å². The average molecular weight is 127 g/mol. The van der Waals surface area contributed by atoms with Crippen LogP contribution in [0.5, 0.6) is 0 Å². The Hall–Kier alpha value is -0.0800. The molecule has 0 saturated carbocycles. The van der Waals surface area contributed by atoms with Crippen LogP contribution in [0.4, 0.5) is 0 Å².